The van der Waals surface area contributed by atoms with Crippen molar-refractivity contribution in [2.75, 3.05) is 5.32 Å². The molecule has 0 saturated heterocycles. The maximum Gasteiger partial charge on any atom is 0.323 e. The first-order chi connectivity index (χ1) is 12.6. The summed E-state index contributed by atoms with van der Waals surface area (Å²) in [4.78, 5) is 19.1. The second-order valence-corrected chi connectivity index (χ2v) is 7.51. The minimum Gasteiger partial charge on any atom is -0.315 e. The van der Waals surface area contributed by atoms with Crippen LogP contribution < -0.4 is 5.32 Å². The van der Waals surface area contributed by atoms with E-state index in [1.165, 1.54) is 0 Å². The van der Waals surface area contributed by atoms with Crippen molar-refractivity contribution in [3.63, 3.8) is 0 Å². The van der Waals surface area contributed by atoms with Crippen LogP contribution in [0.15, 0.2) is 41.9 Å². The highest BCUT2D eigenvalue weighted by atomic mass is 32.1. The Labute approximate surface area is 156 Å². The molecule has 1 fully saturated rings. The summed E-state index contributed by atoms with van der Waals surface area (Å²) in [6.07, 6.45) is 3.89. The number of aromatic nitrogens is 3. The molecule has 1 aliphatic carbocycles. The largest absolute Gasteiger partial charge is 0.323 e. The zero-order chi connectivity index (χ0) is 18.1. The molecule has 3 aromatic rings. The third-order valence-corrected chi connectivity index (χ3v) is 5.36. The molecule has 0 spiro atoms. The lowest BCUT2D eigenvalue weighted by atomic mass is 10.1. The third-order valence-electron chi connectivity index (χ3n) is 4.59. The fraction of sp³-hybridized carbons (Fsp3) is 0.316. The van der Waals surface area contributed by atoms with E-state index in [0.717, 1.165) is 40.5 Å². The van der Waals surface area contributed by atoms with Crippen molar-refractivity contribution >= 4 is 23.2 Å². The third kappa shape index (κ3) is 3.35. The molecule has 6 nitrogen and oxygen atoms in total. The highest BCUT2D eigenvalue weighted by Gasteiger charge is 2.33. The van der Waals surface area contributed by atoms with Gasteiger partial charge in [0.05, 0.1) is 12.2 Å². The normalized spacial score (nSPS) is 13.6. The van der Waals surface area contributed by atoms with Gasteiger partial charge in [-0.1, -0.05) is 30.3 Å². The maximum absolute atomic E-state index is 12.9. The number of anilines is 1. The van der Waals surface area contributed by atoms with Crippen LogP contribution in [0.2, 0.25) is 0 Å². The predicted octanol–water partition coefficient (Wildman–Crippen LogP) is 4.05. The van der Waals surface area contributed by atoms with E-state index in [1.54, 1.807) is 22.2 Å². The van der Waals surface area contributed by atoms with Crippen molar-refractivity contribution in [3.05, 3.63) is 52.5 Å². The molecule has 0 bridgehead atoms. The Morgan fingerprint density at radius 3 is 2.77 bits per heavy atom. The molecule has 7 heteroatoms. The molecule has 0 unspecified atom stereocenters. The van der Waals surface area contributed by atoms with Gasteiger partial charge in [-0.3, -0.25) is 10.00 Å². The van der Waals surface area contributed by atoms with Gasteiger partial charge in [0.25, 0.3) is 0 Å². The number of nitrogens with one attached hydrogen (secondary N) is 1. The number of urea groups is 1. The number of rotatable bonds is 5. The fourth-order valence-electron chi connectivity index (χ4n) is 3.08. The van der Waals surface area contributed by atoms with Crippen LogP contribution in [0, 0.1) is 6.92 Å². The zero-order valence-electron chi connectivity index (χ0n) is 14.8. The van der Waals surface area contributed by atoms with E-state index >= 15 is 0 Å². The number of benzene rings is 1. The monoisotopic (exact) mass is 367 g/mol. The van der Waals surface area contributed by atoms with Crippen molar-refractivity contribution in [2.24, 2.45) is 7.05 Å². The smallest absolute Gasteiger partial charge is 0.315 e. The molecule has 2 amide bonds. The first-order valence-corrected chi connectivity index (χ1v) is 9.56. The molecular weight excluding hydrogens is 346 g/mol. The van der Waals surface area contributed by atoms with Gasteiger partial charge in [0.15, 0.2) is 0 Å². The van der Waals surface area contributed by atoms with E-state index in [2.05, 4.69) is 15.4 Å². The van der Waals surface area contributed by atoms with Crippen molar-refractivity contribution in [3.8, 4) is 11.3 Å². The van der Waals surface area contributed by atoms with Gasteiger partial charge in [-0.15, -0.1) is 11.3 Å². The summed E-state index contributed by atoms with van der Waals surface area (Å²) in [7, 11) is 1.86. The number of carbonyl (C=O) groups is 1. The average molecular weight is 367 g/mol. The van der Waals surface area contributed by atoms with E-state index < -0.39 is 0 Å². The second kappa shape index (κ2) is 6.92. The molecule has 26 heavy (non-hydrogen) atoms. The van der Waals surface area contributed by atoms with Gasteiger partial charge in [0.1, 0.15) is 10.8 Å². The number of nitrogens with zero attached hydrogens (tertiary/aromatic N) is 4. The number of hydrogen-bond acceptors (Lipinski definition) is 4. The van der Waals surface area contributed by atoms with Gasteiger partial charge in [0, 0.05) is 35.8 Å². The summed E-state index contributed by atoms with van der Waals surface area (Å²) in [5, 5.41) is 10.6. The lowest BCUT2D eigenvalue weighted by Gasteiger charge is -2.22. The van der Waals surface area contributed by atoms with Gasteiger partial charge in [-0.05, 0) is 19.8 Å². The zero-order valence-corrected chi connectivity index (χ0v) is 15.7. The summed E-state index contributed by atoms with van der Waals surface area (Å²) in [5.74, 6) is 0.735. The Morgan fingerprint density at radius 2 is 2.12 bits per heavy atom. The first-order valence-electron chi connectivity index (χ1n) is 8.68. The topological polar surface area (TPSA) is 63.1 Å². The molecule has 1 N–H and O–H groups in total. The van der Waals surface area contributed by atoms with E-state index in [9.17, 15) is 4.79 Å². The Kier molecular flexibility index (Phi) is 4.46. The number of thiazole rings is 1. The van der Waals surface area contributed by atoms with Gasteiger partial charge in [-0.2, -0.15) is 5.10 Å². The SMILES string of the molecule is Cc1c(-c2ccccc2)nn(C)c1NC(=O)N(Cc1nccs1)C1CC1. The van der Waals surface area contributed by atoms with Gasteiger partial charge in [-0.25, -0.2) is 9.78 Å². The van der Waals surface area contributed by atoms with Crippen LogP contribution in [0.5, 0.6) is 0 Å². The summed E-state index contributed by atoms with van der Waals surface area (Å²) in [6.45, 7) is 2.55. The molecule has 1 aromatic carbocycles. The molecule has 2 aromatic heterocycles. The van der Waals surface area contributed by atoms with Crippen LogP contribution >= 0.6 is 11.3 Å². The number of hydrogen-bond donors (Lipinski definition) is 1. The Bertz CT molecular complexity index is 900. The summed E-state index contributed by atoms with van der Waals surface area (Å²) < 4.78 is 1.74. The maximum atomic E-state index is 12.9. The molecule has 1 saturated carbocycles. The van der Waals surface area contributed by atoms with Crippen molar-refractivity contribution < 1.29 is 4.79 Å². The van der Waals surface area contributed by atoms with E-state index in [1.807, 2.05) is 54.6 Å². The minimum absolute atomic E-state index is 0.0894. The van der Waals surface area contributed by atoms with Crippen LogP contribution in [0.1, 0.15) is 23.4 Å². The average Bonchev–Trinajstić information content (AvgIpc) is 3.29. The Hall–Kier alpha value is -2.67. The van der Waals surface area contributed by atoms with E-state index in [-0.39, 0.29) is 6.03 Å². The van der Waals surface area contributed by atoms with Crippen molar-refractivity contribution in [2.45, 2.75) is 32.4 Å². The van der Waals surface area contributed by atoms with E-state index in [4.69, 9.17) is 0 Å². The molecular formula is C19H21N5OS. The lowest BCUT2D eigenvalue weighted by Crippen LogP contribution is -2.36. The van der Waals surface area contributed by atoms with Crippen LogP contribution in [0.4, 0.5) is 10.6 Å². The molecule has 134 valence electrons. The van der Waals surface area contributed by atoms with Crippen molar-refractivity contribution in [1.29, 1.82) is 0 Å². The van der Waals surface area contributed by atoms with Crippen LogP contribution in [-0.2, 0) is 13.6 Å². The Balaban J connectivity index is 1.56. The molecule has 4 rings (SSSR count). The number of carbonyl (C=O) groups excluding carboxylic acids is 1. The second-order valence-electron chi connectivity index (χ2n) is 6.53. The highest BCUT2D eigenvalue weighted by Crippen LogP contribution is 2.31. The summed E-state index contributed by atoms with van der Waals surface area (Å²) >= 11 is 1.58. The lowest BCUT2D eigenvalue weighted by molar-refractivity contribution is 0.206. The minimum atomic E-state index is -0.0894. The van der Waals surface area contributed by atoms with Crippen LogP contribution in [-0.4, -0.2) is 31.7 Å². The van der Waals surface area contributed by atoms with Crippen LogP contribution in [0.25, 0.3) is 11.3 Å². The van der Waals surface area contributed by atoms with E-state index in [0.29, 0.717) is 12.6 Å². The van der Waals surface area contributed by atoms with Gasteiger partial charge >= 0.3 is 6.03 Å². The highest BCUT2D eigenvalue weighted by molar-refractivity contribution is 7.09. The molecule has 0 aliphatic heterocycles. The first kappa shape index (κ1) is 16.8. The van der Waals surface area contributed by atoms with Crippen LogP contribution in [0.3, 0.4) is 0 Å². The molecule has 1 aliphatic rings. The molecule has 2 heterocycles. The molecule has 0 atom stereocenters. The standard InChI is InChI=1S/C19H21N5OS/c1-13-17(14-6-4-3-5-7-14)22-23(2)18(13)21-19(25)24(15-8-9-15)12-16-20-10-11-26-16/h3-7,10-11,15H,8-9,12H2,1-2H3,(H,21,25). The van der Waals surface area contributed by atoms with Gasteiger partial charge in [0.2, 0.25) is 0 Å². The number of aryl methyl sites for hydroxylation is 1. The van der Waals surface area contributed by atoms with Crippen molar-refractivity contribution in [1.82, 2.24) is 19.7 Å². The fourth-order valence-corrected chi connectivity index (χ4v) is 3.69. The summed E-state index contributed by atoms with van der Waals surface area (Å²) in [6, 6.07) is 10.2. The predicted molar refractivity (Wildman–Crippen MR) is 103 cm³/mol. The quantitative estimate of drug-likeness (QED) is 0.740. The van der Waals surface area contributed by atoms with Gasteiger partial charge < -0.3 is 4.90 Å². The molecule has 0 radical (unpaired) electrons. The Morgan fingerprint density at radius 1 is 1.35 bits per heavy atom. The summed E-state index contributed by atoms with van der Waals surface area (Å²) in [5.41, 5.74) is 2.90. The number of amides is 2.